The lowest BCUT2D eigenvalue weighted by molar-refractivity contribution is 0.335. The van der Waals surface area contributed by atoms with E-state index in [0.717, 1.165) is 18.4 Å². The van der Waals surface area contributed by atoms with Gasteiger partial charge in [0, 0.05) is 4.83 Å². The summed E-state index contributed by atoms with van der Waals surface area (Å²) in [5.74, 6) is 0. The molecule has 0 heterocycles. The van der Waals surface area contributed by atoms with Crippen molar-refractivity contribution in [3.63, 3.8) is 0 Å². The van der Waals surface area contributed by atoms with Gasteiger partial charge in [0.05, 0.1) is 10.0 Å². The van der Waals surface area contributed by atoms with Gasteiger partial charge in [-0.1, -0.05) is 72.0 Å². The van der Waals surface area contributed by atoms with E-state index in [1.165, 1.54) is 0 Å². The molecule has 1 atom stereocenters. The number of alkyl halides is 1. The maximum absolute atomic E-state index is 6.19. The Morgan fingerprint density at radius 3 is 2.50 bits per heavy atom. The summed E-state index contributed by atoms with van der Waals surface area (Å²) in [5, 5.41) is 1.33. The summed E-state index contributed by atoms with van der Waals surface area (Å²) in [4.78, 5) is 0.514. The normalized spacial score (nSPS) is 13.9. The van der Waals surface area contributed by atoms with Crippen LogP contribution in [0.3, 0.4) is 0 Å². The molecule has 1 unspecified atom stereocenters. The Hall–Kier alpha value is 0.280. The predicted molar refractivity (Wildman–Crippen MR) is 77.0 cm³/mol. The van der Waals surface area contributed by atoms with Gasteiger partial charge in [-0.05, 0) is 29.9 Å². The smallest absolute Gasteiger partial charge is 0.0624 e. The van der Waals surface area contributed by atoms with Gasteiger partial charge in [0.1, 0.15) is 0 Å². The van der Waals surface area contributed by atoms with Gasteiger partial charge in [0.15, 0.2) is 0 Å². The van der Waals surface area contributed by atoms with Crippen LogP contribution in [-0.2, 0) is 6.42 Å². The van der Waals surface area contributed by atoms with Crippen LogP contribution < -0.4 is 0 Å². The topological polar surface area (TPSA) is 0 Å². The summed E-state index contributed by atoms with van der Waals surface area (Å²) >= 11 is 15.8. The first-order valence-corrected chi connectivity index (χ1v) is 7.06. The molecule has 0 nitrogen and oxygen atoms in total. The summed E-state index contributed by atoms with van der Waals surface area (Å²) < 4.78 is 0. The van der Waals surface area contributed by atoms with Crippen molar-refractivity contribution in [3.8, 4) is 0 Å². The first kappa shape index (κ1) is 14.3. The summed E-state index contributed by atoms with van der Waals surface area (Å²) in [6.45, 7) is 6.67. The van der Waals surface area contributed by atoms with E-state index in [0.29, 0.717) is 14.9 Å². The fourth-order valence-corrected chi connectivity index (χ4v) is 3.30. The van der Waals surface area contributed by atoms with Crippen LogP contribution in [0.2, 0.25) is 10.0 Å². The van der Waals surface area contributed by atoms with E-state index in [2.05, 4.69) is 42.8 Å². The molecule has 0 spiro atoms. The molecule has 16 heavy (non-hydrogen) atoms. The lowest BCUT2D eigenvalue weighted by atomic mass is 9.82. The Balaban J connectivity index is 2.83. The molecule has 0 N–H and O–H groups in total. The van der Waals surface area contributed by atoms with Crippen LogP contribution in [-0.4, -0.2) is 4.83 Å². The van der Waals surface area contributed by atoms with Gasteiger partial charge >= 0.3 is 0 Å². The number of benzene rings is 1. The molecule has 0 aliphatic rings. The van der Waals surface area contributed by atoms with Gasteiger partial charge in [0.2, 0.25) is 0 Å². The van der Waals surface area contributed by atoms with Gasteiger partial charge in [-0.25, -0.2) is 0 Å². The van der Waals surface area contributed by atoms with Crippen LogP contribution in [0, 0.1) is 5.41 Å². The second kappa shape index (κ2) is 5.75. The van der Waals surface area contributed by atoms with Crippen molar-refractivity contribution in [2.75, 3.05) is 0 Å². The molecule has 1 aromatic carbocycles. The maximum Gasteiger partial charge on any atom is 0.0624 e. The maximum atomic E-state index is 6.19. The zero-order chi connectivity index (χ0) is 12.3. The molecule has 1 aromatic rings. The summed E-state index contributed by atoms with van der Waals surface area (Å²) in [5.41, 5.74) is 1.35. The minimum absolute atomic E-state index is 0.219. The second-order valence-corrected chi connectivity index (χ2v) is 7.39. The highest BCUT2D eigenvalue weighted by molar-refractivity contribution is 9.09. The first-order chi connectivity index (χ1) is 7.32. The lowest BCUT2D eigenvalue weighted by Gasteiger charge is -2.26. The van der Waals surface area contributed by atoms with E-state index in [1.807, 2.05) is 12.1 Å². The summed E-state index contributed by atoms with van der Waals surface area (Å²) in [6, 6.07) is 5.83. The molecule has 0 saturated heterocycles. The monoisotopic (exact) mass is 322 g/mol. The largest absolute Gasteiger partial charge is 0.0893 e. The van der Waals surface area contributed by atoms with Gasteiger partial charge in [-0.2, -0.15) is 0 Å². The third-order valence-corrected chi connectivity index (χ3v) is 3.72. The molecule has 0 amide bonds. The van der Waals surface area contributed by atoms with Crippen LogP contribution in [0.25, 0.3) is 0 Å². The molecule has 1 rings (SSSR count). The lowest BCUT2D eigenvalue weighted by Crippen LogP contribution is -2.18. The van der Waals surface area contributed by atoms with Crippen molar-refractivity contribution >= 4 is 39.1 Å². The molecule has 0 aliphatic carbocycles. The van der Waals surface area contributed by atoms with Crippen molar-refractivity contribution in [2.45, 2.75) is 38.4 Å². The van der Waals surface area contributed by atoms with E-state index in [-0.39, 0.29) is 5.41 Å². The van der Waals surface area contributed by atoms with Crippen molar-refractivity contribution in [1.82, 2.24) is 0 Å². The minimum Gasteiger partial charge on any atom is -0.0893 e. The number of hydrogen-bond acceptors (Lipinski definition) is 0. The summed E-state index contributed by atoms with van der Waals surface area (Å²) in [6.07, 6.45) is 2.05. The first-order valence-electron chi connectivity index (χ1n) is 5.39. The van der Waals surface area contributed by atoms with E-state index in [4.69, 9.17) is 23.2 Å². The van der Waals surface area contributed by atoms with E-state index in [1.54, 1.807) is 0 Å². The molecule has 3 heteroatoms. The van der Waals surface area contributed by atoms with Gasteiger partial charge in [0.25, 0.3) is 0 Å². The highest BCUT2D eigenvalue weighted by Gasteiger charge is 2.22. The Morgan fingerprint density at radius 2 is 1.94 bits per heavy atom. The molecule has 0 aromatic heterocycles. The van der Waals surface area contributed by atoms with Crippen LogP contribution in [0.4, 0.5) is 0 Å². The number of rotatable bonds is 4. The third-order valence-electron chi connectivity index (χ3n) is 2.53. The van der Waals surface area contributed by atoms with Crippen LogP contribution in [0.15, 0.2) is 18.2 Å². The fourth-order valence-electron chi connectivity index (χ4n) is 2.03. The molecule has 90 valence electrons. The average Bonchev–Trinajstić information content (AvgIpc) is 2.10. The van der Waals surface area contributed by atoms with E-state index >= 15 is 0 Å². The second-order valence-electron chi connectivity index (χ2n) is 5.04. The standard InChI is InChI=1S/C13H17BrCl2/c1-9(14)7-13(2,3)8-10-5-4-6-11(15)12(10)16/h4-6,9H,7-8H2,1-3H3. The van der Waals surface area contributed by atoms with E-state index in [9.17, 15) is 0 Å². The van der Waals surface area contributed by atoms with Crippen molar-refractivity contribution in [3.05, 3.63) is 33.8 Å². The zero-order valence-electron chi connectivity index (χ0n) is 9.86. The SMILES string of the molecule is CC(Br)CC(C)(C)Cc1cccc(Cl)c1Cl. The van der Waals surface area contributed by atoms with Crippen molar-refractivity contribution in [1.29, 1.82) is 0 Å². The van der Waals surface area contributed by atoms with E-state index < -0.39 is 0 Å². The summed E-state index contributed by atoms with van der Waals surface area (Å²) in [7, 11) is 0. The molecule has 0 fully saturated rings. The Labute approximate surface area is 116 Å². The molecule has 0 bridgehead atoms. The van der Waals surface area contributed by atoms with Gasteiger partial charge in [-0.3, -0.25) is 0 Å². The highest BCUT2D eigenvalue weighted by Crippen LogP contribution is 2.34. The van der Waals surface area contributed by atoms with Crippen LogP contribution >= 0.6 is 39.1 Å². The predicted octanol–water partition coefficient (Wildman–Crippen LogP) is 5.74. The molecule has 0 saturated carbocycles. The zero-order valence-corrected chi connectivity index (χ0v) is 13.0. The average molecular weight is 324 g/mol. The fraction of sp³-hybridized carbons (Fsp3) is 0.538. The minimum atomic E-state index is 0.219. The van der Waals surface area contributed by atoms with Crippen molar-refractivity contribution < 1.29 is 0 Å². The Bertz CT molecular complexity index is 359. The van der Waals surface area contributed by atoms with Crippen LogP contribution in [0.1, 0.15) is 32.8 Å². The third kappa shape index (κ3) is 4.27. The highest BCUT2D eigenvalue weighted by atomic mass is 79.9. The Kier molecular flexibility index (Phi) is 5.15. The van der Waals surface area contributed by atoms with Crippen molar-refractivity contribution in [2.24, 2.45) is 5.41 Å². The quantitative estimate of drug-likeness (QED) is 0.620. The van der Waals surface area contributed by atoms with Gasteiger partial charge in [-0.15, -0.1) is 0 Å². The number of halogens is 3. The molecule has 0 radical (unpaired) electrons. The van der Waals surface area contributed by atoms with Crippen LogP contribution in [0.5, 0.6) is 0 Å². The number of hydrogen-bond donors (Lipinski definition) is 0. The Morgan fingerprint density at radius 1 is 1.31 bits per heavy atom. The molecule has 0 aliphatic heterocycles. The van der Waals surface area contributed by atoms with Gasteiger partial charge < -0.3 is 0 Å². The molecular weight excluding hydrogens is 307 g/mol. The molecular formula is C13H17BrCl2.